The summed E-state index contributed by atoms with van der Waals surface area (Å²) in [6, 6.07) is 4.19. The quantitative estimate of drug-likeness (QED) is 0.520. The normalized spacial score (nSPS) is 19.1. The predicted molar refractivity (Wildman–Crippen MR) is 97.3 cm³/mol. The number of carboxylic acid groups (broad SMARTS) is 2. The lowest BCUT2D eigenvalue weighted by Gasteiger charge is -2.32. The number of imidazole rings is 1. The number of nitrogens with zero attached hydrogens (tertiary/aromatic N) is 4. The number of aliphatic carboxylic acids is 2. The molecule has 2 N–H and O–H groups in total. The van der Waals surface area contributed by atoms with E-state index in [4.69, 9.17) is 0 Å². The van der Waals surface area contributed by atoms with Crippen LogP contribution in [0.3, 0.4) is 0 Å². The lowest BCUT2D eigenvalue weighted by molar-refractivity contribution is -0.384. The Morgan fingerprint density at radius 2 is 1.97 bits per heavy atom. The third kappa shape index (κ3) is 4.29. The van der Waals surface area contributed by atoms with Crippen molar-refractivity contribution >= 4 is 23.3 Å². The SMILES string of the molecule is O=C(O)C1=C(Cn2ccnc2)N=C(C(F)(F)F)C(C(=O)O)C1c1cccc([N+](=O)[O-])c1. The van der Waals surface area contributed by atoms with Gasteiger partial charge in [-0.1, -0.05) is 12.1 Å². The molecule has 0 radical (unpaired) electrons. The fourth-order valence-corrected chi connectivity index (χ4v) is 3.40. The maximum absolute atomic E-state index is 13.7. The number of aromatic nitrogens is 2. The van der Waals surface area contributed by atoms with Crippen LogP contribution in [0.5, 0.6) is 0 Å². The standard InChI is InChI=1S/C18H13F3N4O6/c19-18(20,21)15-14(17(28)29)12(9-2-1-3-10(6-9)25(30)31)13(16(26)27)11(23-15)7-24-5-4-22-8-24/h1-6,8,12,14H,7H2,(H,26,27)(H,28,29). The van der Waals surface area contributed by atoms with E-state index < -0.39 is 64.1 Å². The maximum Gasteiger partial charge on any atom is 0.430 e. The van der Waals surface area contributed by atoms with Gasteiger partial charge in [-0.25, -0.2) is 14.8 Å². The predicted octanol–water partition coefficient (Wildman–Crippen LogP) is 2.63. The lowest BCUT2D eigenvalue weighted by atomic mass is 9.75. The van der Waals surface area contributed by atoms with Crippen molar-refractivity contribution in [1.29, 1.82) is 0 Å². The molecule has 1 aromatic heterocycles. The summed E-state index contributed by atoms with van der Waals surface area (Å²) < 4.78 is 42.5. The Hall–Kier alpha value is -4.03. The molecule has 31 heavy (non-hydrogen) atoms. The van der Waals surface area contributed by atoms with Crippen molar-refractivity contribution in [3.63, 3.8) is 0 Å². The summed E-state index contributed by atoms with van der Waals surface area (Å²) in [6.07, 6.45) is -1.29. The first-order valence-corrected chi connectivity index (χ1v) is 8.55. The molecule has 2 unspecified atom stereocenters. The minimum absolute atomic E-state index is 0.265. The topological polar surface area (TPSA) is 148 Å². The first kappa shape index (κ1) is 21.7. The zero-order valence-corrected chi connectivity index (χ0v) is 15.4. The van der Waals surface area contributed by atoms with Crippen LogP contribution >= 0.6 is 0 Å². The Kier molecular flexibility index (Phi) is 5.60. The van der Waals surface area contributed by atoms with Crippen LogP contribution in [0.1, 0.15) is 11.5 Å². The highest BCUT2D eigenvalue weighted by atomic mass is 19.4. The summed E-state index contributed by atoms with van der Waals surface area (Å²) in [5.74, 6) is -7.95. The van der Waals surface area contributed by atoms with Crippen LogP contribution in [0, 0.1) is 16.0 Å². The zero-order valence-electron chi connectivity index (χ0n) is 15.4. The average molecular weight is 438 g/mol. The molecule has 3 rings (SSSR count). The number of aliphatic imine (C=N–C) groups is 1. The molecule has 2 aromatic rings. The molecule has 1 aliphatic heterocycles. The van der Waals surface area contributed by atoms with Crippen molar-refractivity contribution in [2.24, 2.45) is 10.9 Å². The van der Waals surface area contributed by atoms with Crippen LogP contribution in [-0.2, 0) is 16.1 Å². The molecule has 0 fully saturated rings. The fourth-order valence-electron chi connectivity index (χ4n) is 3.40. The van der Waals surface area contributed by atoms with E-state index in [9.17, 15) is 43.1 Å². The largest absolute Gasteiger partial charge is 0.481 e. The van der Waals surface area contributed by atoms with E-state index >= 15 is 0 Å². The van der Waals surface area contributed by atoms with Gasteiger partial charge in [0.15, 0.2) is 0 Å². The monoisotopic (exact) mass is 438 g/mol. The summed E-state index contributed by atoms with van der Waals surface area (Å²) in [4.78, 5) is 41.3. The summed E-state index contributed by atoms with van der Waals surface area (Å²) in [7, 11) is 0. The number of nitro benzene ring substituents is 1. The van der Waals surface area contributed by atoms with Gasteiger partial charge in [0.2, 0.25) is 0 Å². The second kappa shape index (κ2) is 8.01. The molecule has 1 aliphatic rings. The van der Waals surface area contributed by atoms with Gasteiger partial charge in [-0.15, -0.1) is 0 Å². The van der Waals surface area contributed by atoms with Gasteiger partial charge in [-0.2, -0.15) is 13.2 Å². The van der Waals surface area contributed by atoms with Gasteiger partial charge in [0, 0.05) is 30.4 Å². The number of rotatable bonds is 6. The van der Waals surface area contributed by atoms with E-state index in [2.05, 4.69) is 9.98 Å². The van der Waals surface area contributed by atoms with Crippen LogP contribution in [0.2, 0.25) is 0 Å². The molecule has 0 saturated heterocycles. The van der Waals surface area contributed by atoms with Gasteiger partial charge >= 0.3 is 18.1 Å². The van der Waals surface area contributed by atoms with Gasteiger partial charge in [-0.3, -0.25) is 14.9 Å². The van der Waals surface area contributed by atoms with Gasteiger partial charge in [0.25, 0.3) is 5.69 Å². The molecule has 0 bridgehead atoms. The van der Waals surface area contributed by atoms with Crippen LogP contribution in [-0.4, -0.2) is 48.5 Å². The van der Waals surface area contributed by atoms with E-state index in [0.29, 0.717) is 0 Å². The van der Waals surface area contributed by atoms with Crippen molar-refractivity contribution in [2.45, 2.75) is 18.6 Å². The number of hydrogen-bond acceptors (Lipinski definition) is 6. The van der Waals surface area contributed by atoms with Gasteiger partial charge in [-0.05, 0) is 5.56 Å². The van der Waals surface area contributed by atoms with Crippen LogP contribution < -0.4 is 0 Å². The lowest BCUT2D eigenvalue weighted by Crippen LogP contribution is -2.43. The third-order valence-electron chi connectivity index (χ3n) is 4.62. The molecule has 13 heteroatoms. The third-order valence-corrected chi connectivity index (χ3v) is 4.62. The molecule has 162 valence electrons. The molecule has 0 saturated carbocycles. The number of carbonyl (C=O) groups is 2. The van der Waals surface area contributed by atoms with E-state index in [1.165, 1.54) is 23.3 Å². The summed E-state index contributed by atoms with van der Waals surface area (Å²) >= 11 is 0. The van der Waals surface area contributed by atoms with Gasteiger partial charge in [0.05, 0.1) is 29.1 Å². The fraction of sp³-hybridized carbons (Fsp3) is 0.222. The summed E-state index contributed by atoms with van der Waals surface area (Å²) in [5, 5.41) is 30.5. The maximum atomic E-state index is 13.7. The van der Waals surface area contributed by atoms with E-state index in [0.717, 1.165) is 24.3 Å². The first-order chi connectivity index (χ1) is 14.5. The molecule has 2 heterocycles. The summed E-state index contributed by atoms with van der Waals surface area (Å²) in [5.41, 5.74) is -3.73. The number of nitro groups is 1. The Morgan fingerprint density at radius 1 is 1.26 bits per heavy atom. The number of halogens is 3. The van der Waals surface area contributed by atoms with Crippen LogP contribution in [0.15, 0.2) is 59.2 Å². The Bertz CT molecular complexity index is 1110. The highest BCUT2D eigenvalue weighted by Gasteiger charge is 2.52. The Balaban J connectivity index is 2.31. The smallest absolute Gasteiger partial charge is 0.430 e. The van der Waals surface area contributed by atoms with E-state index in [-0.39, 0.29) is 5.56 Å². The molecule has 1 aromatic carbocycles. The molecule has 0 amide bonds. The molecular weight excluding hydrogens is 425 g/mol. The number of hydrogen-bond donors (Lipinski definition) is 2. The molecule has 0 aliphatic carbocycles. The van der Waals surface area contributed by atoms with Crippen molar-refractivity contribution in [3.05, 3.63) is 69.9 Å². The van der Waals surface area contributed by atoms with Crippen molar-refractivity contribution < 1.29 is 37.9 Å². The van der Waals surface area contributed by atoms with Crippen molar-refractivity contribution in [3.8, 4) is 0 Å². The van der Waals surface area contributed by atoms with E-state index in [1.54, 1.807) is 0 Å². The average Bonchev–Trinajstić information content (AvgIpc) is 3.19. The van der Waals surface area contributed by atoms with Crippen LogP contribution in [0.4, 0.5) is 18.9 Å². The molecular formula is C18H13F3N4O6. The highest BCUT2D eigenvalue weighted by Crippen LogP contribution is 2.43. The minimum atomic E-state index is -5.19. The van der Waals surface area contributed by atoms with Crippen LogP contribution in [0.25, 0.3) is 0 Å². The Labute approximate surface area is 171 Å². The molecule has 2 atom stereocenters. The second-order valence-corrected chi connectivity index (χ2v) is 6.54. The first-order valence-electron chi connectivity index (χ1n) is 8.55. The number of non-ortho nitro benzene ring substituents is 1. The second-order valence-electron chi connectivity index (χ2n) is 6.54. The highest BCUT2D eigenvalue weighted by molar-refractivity contribution is 6.09. The number of allylic oxidation sites excluding steroid dienone is 1. The van der Waals surface area contributed by atoms with Crippen molar-refractivity contribution in [1.82, 2.24) is 9.55 Å². The molecule has 10 nitrogen and oxygen atoms in total. The van der Waals surface area contributed by atoms with Gasteiger partial charge < -0.3 is 14.8 Å². The number of carboxylic acids is 2. The van der Waals surface area contributed by atoms with Crippen molar-refractivity contribution in [2.75, 3.05) is 0 Å². The zero-order chi connectivity index (χ0) is 22.9. The number of alkyl halides is 3. The number of benzene rings is 1. The van der Waals surface area contributed by atoms with E-state index in [1.807, 2.05) is 0 Å². The summed E-state index contributed by atoms with van der Waals surface area (Å²) in [6.45, 7) is -0.432. The Morgan fingerprint density at radius 3 is 2.48 bits per heavy atom. The van der Waals surface area contributed by atoms with Gasteiger partial charge in [0.1, 0.15) is 11.6 Å². The molecule has 0 spiro atoms. The minimum Gasteiger partial charge on any atom is -0.481 e.